The molecular weight excluding hydrogens is 252 g/mol. The Balaban J connectivity index is 2.55. The average Bonchev–Trinajstić information content (AvgIpc) is 2.37. The zero-order chi connectivity index (χ0) is 13.4. The minimum absolute atomic E-state index is 0.149. The lowest BCUT2D eigenvalue weighted by Gasteiger charge is -2.20. The molecule has 0 heterocycles. The number of carbonyl (C=O) groups excluding carboxylic acids is 2. The molecule has 0 unspecified atom stereocenters. The van der Waals surface area contributed by atoms with Crippen LogP contribution < -0.4 is 5.32 Å². The molecule has 0 radical (unpaired) electrons. The molecule has 1 aromatic rings. The van der Waals surface area contributed by atoms with Gasteiger partial charge in [0, 0.05) is 25.4 Å². The summed E-state index contributed by atoms with van der Waals surface area (Å²) in [6, 6.07) is 9.26. The molecule has 4 nitrogen and oxygen atoms in total. The number of benzene rings is 1. The number of rotatable bonds is 5. The van der Waals surface area contributed by atoms with Crippen molar-refractivity contribution in [1.29, 1.82) is 0 Å². The van der Waals surface area contributed by atoms with E-state index in [9.17, 15) is 9.59 Å². The maximum Gasteiger partial charge on any atom is 0.324 e. The summed E-state index contributed by atoms with van der Waals surface area (Å²) < 4.78 is 0. The van der Waals surface area contributed by atoms with Crippen molar-refractivity contribution in [2.24, 2.45) is 0 Å². The zero-order valence-electron chi connectivity index (χ0n) is 10.4. The molecule has 0 atom stereocenters. The lowest BCUT2D eigenvalue weighted by Crippen LogP contribution is -2.42. The van der Waals surface area contributed by atoms with Gasteiger partial charge in [0.1, 0.15) is 0 Å². The summed E-state index contributed by atoms with van der Waals surface area (Å²) in [4.78, 5) is 24.7. The number of hydrogen-bond acceptors (Lipinski definition) is 2. The number of alkyl halides is 1. The first kappa shape index (κ1) is 14.5. The quantitative estimate of drug-likeness (QED) is 0.834. The van der Waals surface area contributed by atoms with Crippen LogP contribution >= 0.6 is 11.6 Å². The Morgan fingerprint density at radius 2 is 1.94 bits per heavy atom. The summed E-state index contributed by atoms with van der Waals surface area (Å²) in [5, 5.41) is 2.32. The first-order valence-electron chi connectivity index (χ1n) is 5.86. The molecule has 3 amide bonds. The summed E-state index contributed by atoms with van der Waals surface area (Å²) >= 11 is 5.44. The van der Waals surface area contributed by atoms with Gasteiger partial charge in [-0.25, -0.2) is 4.79 Å². The van der Waals surface area contributed by atoms with E-state index in [0.717, 1.165) is 5.56 Å². The fourth-order valence-electron chi connectivity index (χ4n) is 1.48. The Kier molecular flexibility index (Phi) is 6.22. The third-order valence-corrected chi connectivity index (χ3v) is 2.64. The first-order valence-corrected chi connectivity index (χ1v) is 6.39. The summed E-state index contributed by atoms with van der Waals surface area (Å²) in [6.07, 6.45) is 0.149. The van der Waals surface area contributed by atoms with Crippen molar-refractivity contribution in [1.82, 2.24) is 10.2 Å². The second kappa shape index (κ2) is 7.71. The number of amides is 3. The van der Waals surface area contributed by atoms with Crippen LogP contribution in [0.25, 0.3) is 0 Å². The molecule has 0 aromatic heterocycles. The van der Waals surface area contributed by atoms with Crippen molar-refractivity contribution >= 4 is 23.5 Å². The van der Waals surface area contributed by atoms with Crippen molar-refractivity contribution < 1.29 is 9.59 Å². The third-order valence-electron chi connectivity index (χ3n) is 2.45. The predicted molar refractivity (Wildman–Crippen MR) is 71.4 cm³/mol. The molecule has 0 spiro atoms. The van der Waals surface area contributed by atoms with Crippen molar-refractivity contribution in [3.63, 3.8) is 0 Å². The van der Waals surface area contributed by atoms with E-state index in [1.54, 1.807) is 4.90 Å². The number of imide groups is 1. The van der Waals surface area contributed by atoms with Crippen LogP contribution in [0.15, 0.2) is 30.3 Å². The van der Waals surface area contributed by atoms with E-state index in [2.05, 4.69) is 5.32 Å². The van der Waals surface area contributed by atoms with E-state index >= 15 is 0 Å². The highest BCUT2D eigenvalue weighted by molar-refractivity contribution is 6.19. The van der Waals surface area contributed by atoms with Gasteiger partial charge < -0.3 is 4.90 Å². The van der Waals surface area contributed by atoms with Crippen LogP contribution in [0, 0.1) is 0 Å². The molecule has 0 saturated carbocycles. The van der Waals surface area contributed by atoms with Gasteiger partial charge in [0.2, 0.25) is 5.91 Å². The number of urea groups is 1. The summed E-state index contributed by atoms with van der Waals surface area (Å²) in [7, 11) is 0. The fraction of sp³-hybridized carbons (Fsp3) is 0.385. The third kappa shape index (κ3) is 4.75. The minimum Gasteiger partial charge on any atom is -0.320 e. The predicted octanol–water partition coefficient (Wildman–Crippen LogP) is 2.37. The van der Waals surface area contributed by atoms with Gasteiger partial charge in [-0.05, 0) is 12.5 Å². The summed E-state index contributed by atoms with van der Waals surface area (Å²) in [5.41, 5.74) is 1.03. The molecule has 1 aromatic carbocycles. The minimum atomic E-state index is -0.378. The summed E-state index contributed by atoms with van der Waals surface area (Å²) in [6.45, 7) is 2.89. The topological polar surface area (TPSA) is 49.4 Å². The zero-order valence-corrected chi connectivity index (χ0v) is 11.1. The molecule has 1 N–H and O–H groups in total. The molecule has 0 saturated heterocycles. The van der Waals surface area contributed by atoms with Gasteiger partial charge in [0.05, 0.1) is 0 Å². The largest absolute Gasteiger partial charge is 0.324 e. The van der Waals surface area contributed by atoms with E-state index in [0.29, 0.717) is 13.1 Å². The smallest absolute Gasteiger partial charge is 0.320 e. The average molecular weight is 269 g/mol. The number of carbonyl (C=O) groups is 2. The van der Waals surface area contributed by atoms with Gasteiger partial charge in [-0.3, -0.25) is 10.1 Å². The Labute approximate surface area is 112 Å². The molecule has 0 fully saturated rings. The maximum absolute atomic E-state index is 11.8. The fourth-order valence-corrected chi connectivity index (χ4v) is 1.65. The maximum atomic E-state index is 11.8. The van der Waals surface area contributed by atoms with Crippen LogP contribution in [0.3, 0.4) is 0 Å². The molecule has 0 aliphatic rings. The van der Waals surface area contributed by atoms with Gasteiger partial charge >= 0.3 is 6.03 Å². The van der Waals surface area contributed by atoms with Gasteiger partial charge in [0.25, 0.3) is 0 Å². The van der Waals surface area contributed by atoms with E-state index in [4.69, 9.17) is 11.6 Å². The van der Waals surface area contributed by atoms with Gasteiger partial charge in [-0.2, -0.15) is 0 Å². The molecular formula is C13H17ClN2O2. The Morgan fingerprint density at radius 1 is 1.28 bits per heavy atom. The van der Waals surface area contributed by atoms with Crippen LogP contribution in [-0.2, 0) is 11.3 Å². The van der Waals surface area contributed by atoms with Crippen LogP contribution in [0.1, 0.15) is 18.9 Å². The van der Waals surface area contributed by atoms with Crippen LogP contribution in [-0.4, -0.2) is 29.3 Å². The SMILES string of the molecule is CCN(Cc1ccccc1)C(=O)NC(=O)CCCl. The number of hydrogen-bond donors (Lipinski definition) is 1. The van der Waals surface area contributed by atoms with Crippen molar-refractivity contribution in [2.45, 2.75) is 19.9 Å². The Bertz CT molecular complexity index is 395. The van der Waals surface area contributed by atoms with E-state index < -0.39 is 0 Å². The molecule has 18 heavy (non-hydrogen) atoms. The monoisotopic (exact) mass is 268 g/mol. The lowest BCUT2D eigenvalue weighted by molar-refractivity contribution is -0.119. The molecule has 98 valence electrons. The van der Waals surface area contributed by atoms with Crippen LogP contribution in [0.5, 0.6) is 0 Å². The number of nitrogens with zero attached hydrogens (tertiary/aromatic N) is 1. The van der Waals surface area contributed by atoms with E-state index in [1.807, 2.05) is 37.3 Å². The Morgan fingerprint density at radius 3 is 2.50 bits per heavy atom. The van der Waals surface area contributed by atoms with Gasteiger partial charge in [0.15, 0.2) is 0 Å². The highest BCUT2D eigenvalue weighted by Crippen LogP contribution is 2.04. The highest BCUT2D eigenvalue weighted by atomic mass is 35.5. The van der Waals surface area contributed by atoms with Crippen molar-refractivity contribution in [3.8, 4) is 0 Å². The molecule has 0 aliphatic heterocycles. The van der Waals surface area contributed by atoms with E-state index in [1.165, 1.54) is 0 Å². The van der Waals surface area contributed by atoms with Gasteiger partial charge in [-0.1, -0.05) is 30.3 Å². The summed E-state index contributed by atoms with van der Waals surface area (Å²) in [5.74, 6) is -0.134. The number of nitrogens with one attached hydrogen (secondary N) is 1. The van der Waals surface area contributed by atoms with Gasteiger partial charge in [-0.15, -0.1) is 11.6 Å². The second-order valence-electron chi connectivity index (χ2n) is 3.79. The normalized spacial score (nSPS) is 9.89. The number of halogens is 1. The lowest BCUT2D eigenvalue weighted by atomic mass is 10.2. The van der Waals surface area contributed by atoms with Crippen molar-refractivity contribution in [2.75, 3.05) is 12.4 Å². The van der Waals surface area contributed by atoms with E-state index in [-0.39, 0.29) is 24.2 Å². The molecule has 1 rings (SSSR count). The molecule has 5 heteroatoms. The standard InChI is InChI=1S/C13H17ClN2O2/c1-2-16(10-11-6-4-3-5-7-11)13(18)15-12(17)8-9-14/h3-7H,2,8-10H2,1H3,(H,15,17,18). The molecule has 0 bridgehead atoms. The Hall–Kier alpha value is -1.55. The molecule has 0 aliphatic carbocycles. The van der Waals surface area contributed by atoms with Crippen LogP contribution in [0.4, 0.5) is 4.79 Å². The van der Waals surface area contributed by atoms with Crippen LogP contribution in [0.2, 0.25) is 0 Å². The second-order valence-corrected chi connectivity index (χ2v) is 4.17. The first-order chi connectivity index (χ1) is 8.67. The highest BCUT2D eigenvalue weighted by Gasteiger charge is 2.14. The van der Waals surface area contributed by atoms with Crippen molar-refractivity contribution in [3.05, 3.63) is 35.9 Å².